The lowest BCUT2D eigenvalue weighted by Gasteiger charge is -2.17. The topological polar surface area (TPSA) is 54.6 Å². The van der Waals surface area contributed by atoms with Crippen molar-refractivity contribution >= 4 is 16.7 Å². The number of carbonyl (C=O) groups excluding carboxylic acids is 1. The first-order chi connectivity index (χ1) is 13.6. The quantitative estimate of drug-likeness (QED) is 0.557. The maximum Gasteiger partial charge on any atom is 0.178 e. The lowest BCUT2D eigenvalue weighted by molar-refractivity contribution is 0.0944. The van der Waals surface area contributed by atoms with E-state index in [0.717, 1.165) is 34.2 Å². The summed E-state index contributed by atoms with van der Waals surface area (Å²) in [6, 6.07) is 12.0. The van der Waals surface area contributed by atoms with Crippen molar-refractivity contribution in [2.24, 2.45) is 0 Å². The van der Waals surface area contributed by atoms with Crippen LogP contribution in [0.5, 0.6) is 11.5 Å². The molecule has 0 spiro atoms. The Balaban J connectivity index is 1.71. The number of ketones is 1. The number of benzene rings is 2. The Hall–Kier alpha value is -2.79. The molecular weight excluding hydrogens is 352 g/mol. The fourth-order valence-corrected chi connectivity index (χ4v) is 3.53. The second-order valence-electron chi connectivity index (χ2n) is 6.91. The standard InChI is InChI=1S/C23H28N2O3/c1-5-17-8-7-9-18-19(13-24-23(17)18)20(26)15-25(3)14-16-10-11-21(28-6-2)22(12-16)27-4/h7-13,24H,5-6,14-15H2,1-4H3. The molecule has 148 valence electrons. The largest absolute Gasteiger partial charge is 0.493 e. The van der Waals surface area contributed by atoms with E-state index >= 15 is 0 Å². The van der Waals surface area contributed by atoms with Crippen molar-refractivity contribution in [2.45, 2.75) is 26.8 Å². The van der Waals surface area contributed by atoms with Gasteiger partial charge in [-0.3, -0.25) is 9.69 Å². The molecule has 0 radical (unpaired) electrons. The minimum Gasteiger partial charge on any atom is -0.493 e. The zero-order chi connectivity index (χ0) is 20.1. The number of aryl methyl sites for hydroxylation is 1. The number of carbonyl (C=O) groups is 1. The number of ether oxygens (including phenoxy) is 2. The van der Waals surface area contributed by atoms with Gasteiger partial charge in [0.15, 0.2) is 17.3 Å². The van der Waals surface area contributed by atoms with Gasteiger partial charge in [0.25, 0.3) is 0 Å². The molecule has 5 heteroatoms. The van der Waals surface area contributed by atoms with Crippen molar-refractivity contribution in [3.05, 3.63) is 59.3 Å². The molecule has 0 saturated carbocycles. The minimum absolute atomic E-state index is 0.111. The molecule has 1 aromatic heterocycles. The molecule has 0 fully saturated rings. The van der Waals surface area contributed by atoms with Crippen LogP contribution >= 0.6 is 0 Å². The Kier molecular flexibility index (Phi) is 6.37. The average Bonchev–Trinajstić information content (AvgIpc) is 3.13. The van der Waals surface area contributed by atoms with Crippen molar-refractivity contribution in [3.8, 4) is 11.5 Å². The summed E-state index contributed by atoms with van der Waals surface area (Å²) in [4.78, 5) is 18.2. The summed E-state index contributed by atoms with van der Waals surface area (Å²) in [7, 11) is 3.59. The van der Waals surface area contributed by atoms with Crippen LogP contribution in [0.1, 0.15) is 35.3 Å². The van der Waals surface area contributed by atoms with Gasteiger partial charge in [0.1, 0.15) is 0 Å². The Morgan fingerprint density at radius 3 is 2.68 bits per heavy atom. The Labute approximate surface area is 166 Å². The second-order valence-corrected chi connectivity index (χ2v) is 6.91. The summed E-state index contributed by atoms with van der Waals surface area (Å²) in [5.74, 6) is 1.56. The van der Waals surface area contributed by atoms with Gasteiger partial charge in [-0.25, -0.2) is 0 Å². The van der Waals surface area contributed by atoms with Crippen LogP contribution < -0.4 is 9.47 Å². The first kappa shape index (κ1) is 20.0. The lowest BCUT2D eigenvalue weighted by Crippen LogP contribution is -2.25. The van der Waals surface area contributed by atoms with Crippen LogP contribution in [-0.4, -0.2) is 43.0 Å². The normalized spacial score (nSPS) is 11.2. The van der Waals surface area contributed by atoms with Crippen LogP contribution in [0.15, 0.2) is 42.6 Å². The molecule has 28 heavy (non-hydrogen) atoms. The number of nitrogens with one attached hydrogen (secondary N) is 1. The van der Waals surface area contributed by atoms with E-state index in [9.17, 15) is 4.79 Å². The molecule has 2 aromatic carbocycles. The van der Waals surface area contributed by atoms with Crippen molar-refractivity contribution in [1.82, 2.24) is 9.88 Å². The van der Waals surface area contributed by atoms with Crippen LogP contribution in [-0.2, 0) is 13.0 Å². The average molecular weight is 380 g/mol. The van der Waals surface area contributed by atoms with E-state index in [1.165, 1.54) is 5.56 Å². The molecule has 3 rings (SSSR count). The maximum absolute atomic E-state index is 12.9. The van der Waals surface area contributed by atoms with Crippen molar-refractivity contribution < 1.29 is 14.3 Å². The summed E-state index contributed by atoms with van der Waals surface area (Å²) in [5.41, 5.74) is 4.11. The van der Waals surface area contributed by atoms with Crippen LogP contribution in [0.2, 0.25) is 0 Å². The maximum atomic E-state index is 12.9. The zero-order valence-corrected chi connectivity index (χ0v) is 17.0. The molecule has 0 atom stereocenters. The minimum atomic E-state index is 0.111. The molecular formula is C23H28N2O3. The SMILES string of the molecule is CCOc1ccc(CN(C)CC(=O)c2c[nH]c3c(CC)cccc23)cc1OC. The van der Waals surface area contributed by atoms with Crippen LogP contribution in [0.4, 0.5) is 0 Å². The summed E-state index contributed by atoms with van der Waals surface area (Å²) in [6.07, 6.45) is 2.77. The number of likely N-dealkylation sites (N-methyl/N-ethyl adjacent to an activating group) is 1. The summed E-state index contributed by atoms with van der Waals surface area (Å²) in [6.45, 7) is 5.65. The van der Waals surface area contributed by atoms with E-state index in [0.29, 0.717) is 25.4 Å². The van der Waals surface area contributed by atoms with Gasteiger partial charge in [-0.05, 0) is 43.7 Å². The van der Waals surface area contributed by atoms with Gasteiger partial charge in [-0.1, -0.05) is 31.2 Å². The van der Waals surface area contributed by atoms with E-state index < -0.39 is 0 Å². The number of hydrogen-bond acceptors (Lipinski definition) is 4. The molecule has 0 aliphatic rings. The van der Waals surface area contributed by atoms with Gasteiger partial charge in [0.05, 0.1) is 20.3 Å². The number of rotatable bonds is 9. The first-order valence-electron chi connectivity index (χ1n) is 9.67. The molecule has 0 aliphatic carbocycles. The number of methoxy groups -OCH3 is 1. The number of fused-ring (bicyclic) bond motifs is 1. The highest BCUT2D eigenvalue weighted by Gasteiger charge is 2.16. The van der Waals surface area contributed by atoms with E-state index in [-0.39, 0.29) is 5.78 Å². The van der Waals surface area contributed by atoms with Gasteiger partial charge in [0.2, 0.25) is 0 Å². The van der Waals surface area contributed by atoms with E-state index in [1.54, 1.807) is 7.11 Å². The van der Waals surface area contributed by atoms with Crippen LogP contribution in [0.25, 0.3) is 10.9 Å². The molecule has 0 aliphatic heterocycles. The summed E-state index contributed by atoms with van der Waals surface area (Å²) >= 11 is 0. The lowest BCUT2D eigenvalue weighted by atomic mass is 10.0. The highest BCUT2D eigenvalue weighted by atomic mass is 16.5. The number of aromatic amines is 1. The number of aromatic nitrogens is 1. The fraction of sp³-hybridized carbons (Fsp3) is 0.348. The fourth-order valence-electron chi connectivity index (χ4n) is 3.53. The van der Waals surface area contributed by atoms with Crippen molar-refractivity contribution in [1.29, 1.82) is 0 Å². The number of Topliss-reactive ketones (excluding diaryl/α,β-unsaturated/α-hetero) is 1. The molecule has 0 saturated heterocycles. The Bertz CT molecular complexity index is 962. The first-order valence-corrected chi connectivity index (χ1v) is 9.67. The molecule has 3 aromatic rings. The van der Waals surface area contributed by atoms with Gasteiger partial charge < -0.3 is 14.5 Å². The second kappa shape index (κ2) is 8.93. The summed E-state index contributed by atoms with van der Waals surface area (Å²) < 4.78 is 11.0. The number of H-pyrrole nitrogens is 1. The van der Waals surface area contributed by atoms with Gasteiger partial charge in [-0.2, -0.15) is 0 Å². The third-order valence-corrected chi connectivity index (χ3v) is 4.88. The Morgan fingerprint density at radius 2 is 1.96 bits per heavy atom. The van der Waals surface area contributed by atoms with Gasteiger partial charge in [0, 0.05) is 29.2 Å². The third-order valence-electron chi connectivity index (χ3n) is 4.88. The van der Waals surface area contributed by atoms with Crippen molar-refractivity contribution in [3.63, 3.8) is 0 Å². The van der Waals surface area contributed by atoms with Gasteiger partial charge >= 0.3 is 0 Å². The monoisotopic (exact) mass is 380 g/mol. The predicted molar refractivity (Wildman–Crippen MR) is 113 cm³/mol. The van der Waals surface area contributed by atoms with Crippen LogP contribution in [0, 0.1) is 0 Å². The molecule has 1 N–H and O–H groups in total. The van der Waals surface area contributed by atoms with E-state index in [1.807, 2.05) is 55.4 Å². The third kappa shape index (κ3) is 4.20. The van der Waals surface area contributed by atoms with Crippen molar-refractivity contribution in [2.75, 3.05) is 27.3 Å². The van der Waals surface area contributed by atoms with Crippen LogP contribution in [0.3, 0.4) is 0 Å². The Morgan fingerprint density at radius 1 is 1.14 bits per heavy atom. The predicted octanol–water partition coefficient (Wildman–Crippen LogP) is 4.45. The zero-order valence-electron chi connectivity index (χ0n) is 17.0. The highest BCUT2D eigenvalue weighted by molar-refractivity contribution is 6.09. The van der Waals surface area contributed by atoms with E-state index in [4.69, 9.17) is 9.47 Å². The summed E-state index contributed by atoms with van der Waals surface area (Å²) in [5, 5.41) is 1.00. The number of para-hydroxylation sites is 1. The molecule has 0 unspecified atom stereocenters. The highest BCUT2D eigenvalue weighted by Crippen LogP contribution is 2.28. The number of hydrogen-bond donors (Lipinski definition) is 1. The molecule has 5 nitrogen and oxygen atoms in total. The molecule has 0 bridgehead atoms. The van der Waals surface area contributed by atoms with E-state index in [2.05, 4.69) is 18.0 Å². The molecule has 1 heterocycles. The number of nitrogens with zero attached hydrogens (tertiary/aromatic N) is 1. The molecule has 0 amide bonds. The smallest absolute Gasteiger partial charge is 0.178 e. The van der Waals surface area contributed by atoms with Gasteiger partial charge in [-0.15, -0.1) is 0 Å².